The second-order valence-corrected chi connectivity index (χ2v) is 8.77. The van der Waals surface area contributed by atoms with E-state index in [-0.39, 0.29) is 24.1 Å². The standard InChI is InChI=1S/C21H26N4O3/c26-17-6-5-16(19(27)23-17)25-10-15-4-1-3-14(18(15)20(25)28)9-24-8-2-7-21(13-24)11-22-12-21/h1,3-4,16,22H,2,5-13H2,(H,23,26,27). The van der Waals surface area contributed by atoms with Crippen molar-refractivity contribution in [2.24, 2.45) is 5.41 Å². The Morgan fingerprint density at radius 3 is 2.79 bits per heavy atom. The number of hydrogen-bond acceptors (Lipinski definition) is 5. The van der Waals surface area contributed by atoms with Gasteiger partial charge in [-0.1, -0.05) is 18.2 Å². The lowest BCUT2D eigenvalue weighted by atomic mass is 9.75. The van der Waals surface area contributed by atoms with Crippen molar-refractivity contribution in [1.29, 1.82) is 0 Å². The van der Waals surface area contributed by atoms with E-state index < -0.39 is 6.04 Å². The van der Waals surface area contributed by atoms with E-state index in [4.69, 9.17) is 0 Å². The minimum absolute atomic E-state index is 0.0721. The zero-order chi connectivity index (χ0) is 19.3. The number of likely N-dealkylation sites (tertiary alicyclic amines) is 1. The molecule has 4 aliphatic rings. The molecule has 1 spiro atoms. The van der Waals surface area contributed by atoms with Gasteiger partial charge in [-0.15, -0.1) is 0 Å². The summed E-state index contributed by atoms with van der Waals surface area (Å²) >= 11 is 0. The van der Waals surface area contributed by atoms with Crippen LogP contribution in [0.3, 0.4) is 0 Å². The van der Waals surface area contributed by atoms with Gasteiger partial charge in [0.15, 0.2) is 0 Å². The maximum absolute atomic E-state index is 13.2. The molecule has 4 heterocycles. The second kappa shape index (κ2) is 6.67. The summed E-state index contributed by atoms with van der Waals surface area (Å²) in [5.74, 6) is -0.679. The molecule has 1 aromatic carbocycles. The first-order chi connectivity index (χ1) is 13.5. The van der Waals surface area contributed by atoms with Crippen molar-refractivity contribution >= 4 is 17.7 Å². The van der Waals surface area contributed by atoms with E-state index >= 15 is 0 Å². The topological polar surface area (TPSA) is 81.8 Å². The summed E-state index contributed by atoms with van der Waals surface area (Å²) in [5.41, 5.74) is 3.23. The SMILES string of the molecule is O=C1CCC(N2Cc3cccc(CN4CCCC5(CNC5)C4)c3C2=O)C(=O)N1. The Bertz CT molecular complexity index is 848. The second-order valence-electron chi connectivity index (χ2n) is 8.77. The predicted octanol–water partition coefficient (Wildman–Crippen LogP) is 0.633. The molecular formula is C21H26N4O3. The van der Waals surface area contributed by atoms with Crippen LogP contribution < -0.4 is 10.6 Å². The molecule has 0 bridgehead atoms. The number of nitrogens with one attached hydrogen (secondary N) is 2. The molecule has 0 saturated carbocycles. The number of imide groups is 1. The molecule has 0 aromatic heterocycles. The van der Waals surface area contributed by atoms with E-state index in [2.05, 4.69) is 15.5 Å². The molecule has 7 nitrogen and oxygen atoms in total. The van der Waals surface area contributed by atoms with Crippen molar-refractivity contribution in [3.8, 4) is 0 Å². The van der Waals surface area contributed by atoms with Crippen LogP contribution in [0.25, 0.3) is 0 Å². The van der Waals surface area contributed by atoms with E-state index in [1.165, 1.54) is 12.8 Å². The van der Waals surface area contributed by atoms with Crippen LogP contribution in [0.4, 0.5) is 0 Å². The number of carbonyl (C=O) groups excluding carboxylic acids is 3. The molecule has 1 aromatic rings. The Morgan fingerprint density at radius 2 is 2.04 bits per heavy atom. The van der Waals surface area contributed by atoms with Gasteiger partial charge < -0.3 is 10.2 Å². The van der Waals surface area contributed by atoms with Crippen LogP contribution in [0.1, 0.15) is 47.2 Å². The number of fused-ring (bicyclic) bond motifs is 1. The van der Waals surface area contributed by atoms with Gasteiger partial charge in [0.1, 0.15) is 6.04 Å². The molecule has 148 valence electrons. The van der Waals surface area contributed by atoms with Crippen molar-refractivity contribution in [3.05, 3.63) is 34.9 Å². The van der Waals surface area contributed by atoms with Crippen LogP contribution >= 0.6 is 0 Å². The first-order valence-corrected chi connectivity index (χ1v) is 10.2. The van der Waals surface area contributed by atoms with Crippen molar-refractivity contribution < 1.29 is 14.4 Å². The molecule has 2 N–H and O–H groups in total. The summed E-state index contributed by atoms with van der Waals surface area (Å²) in [6.45, 7) is 5.56. The third kappa shape index (κ3) is 2.93. The van der Waals surface area contributed by atoms with Crippen molar-refractivity contribution in [3.63, 3.8) is 0 Å². The molecular weight excluding hydrogens is 356 g/mol. The fourth-order valence-corrected chi connectivity index (χ4v) is 5.27. The summed E-state index contributed by atoms with van der Waals surface area (Å²) in [4.78, 5) is 41.0. The van der Waals surface area contributed by atoms with Gasteiger partial charge in [0.25, 0.3) is 5.91 Å². The minimum Gasteiger partial charge on any atom is -0.322 e. The molecule has 0 radical (unpaired) electrons. The Morgan fingerprint density at radius 1 is 1.18 bits per heavy atom. The van der Waals surface area contributed by atoms with Crippen LogP contribution in [-0.2, 0) is 22.7 Å². The van der Waals surface area contributed by atoms with Gasteiger partial charge in [-0.2, -0.15) is 0 Å². The number of carbonyl (C=O) groups is 3. The number of benzene rings is 1. The Kier molecular flexibility index (Phi) is 4.25. The number of hydrogen-bond donors (Lipinski definition) is 2. The van der Waals surface area contributed by atoms with Gasteiger partial charge in [-0.05, 0) is 36.9 Å². The van der Waals surface area contributed by atoms with Crippen molar-refractivity contribution in [2.75, 3.05) is 26.2 Å². The molecule has 4 aliphatic heterocycles. The highest BCUT2D eigenvalue weighted by Gasteiger charge is 2.42. The average Bonchev–Trinajstić information content (AvgIpc) is 2.98. The fraction of sp³-hybridized carbons (Fsp3) is 0.571. The monoisotopic (exact) mass is 382 g/mol. The summed E-state index contributed by atoms with van der Waals surface area (Å²) in [6, 6.07) is 5.49. The maximum atomic E-state index is 13.2. The molecule has 28 heavy (non-hydrogen) atoms. The van der Waals surface area contributed by atoms with E-state index in [1.807, 2.05) is 18.2 Å². The number of rotatable bonds is 3. The molecule has 1 unspecified atom stereocenters. The molecule has 3 amide bonds. The normalized spacial score (nSPS) is 26.9. The largest absolute Gasteiger partial charge is 0.322 e. The Hall–Kier alpha value is -2.25. The third-order valence-electron chi connectivity index (χ3n) is 6.77. The minimum atomic E-state index is -0.551. The lowest BCUT2D eigenvalue weighted by Gasteiger charge is -2.49. The number of piperidine rings is 2. The van der Waals surface area contributed by atoms with Gasteiger partial charge in [0, 0.05) is 50.1 Å². The number of amides is 3. The lowest BCUT2D eigenvalue weighted by molar-refractivity contribution is -0.136. The van der Waals surface area contributed by atoms with Crippen molar-refractivity contribution in [1.82, 2.24) is 20.4 Å². The highest BCUT2D eigenvalue weighted by atomic mass is 16.2. The predicted molar refractivity (Wildman–Crippen MR) is 102 cm³/mol. The highest BCUT2D eigenvalue weighted by molar-refractivity contribution is 6.05. The van der Waals surface area contributed by atoms with Crippen LogP contribution in [0.15, 0.2) is 18.2 Å². The first kappa shape index (κ1) is 17.8. The Balaban J connectivity index is 1.35. The molecule has 7 heteroatoms. The first-order valence-electron chi connectivity index (χ1n) is 10.2. The highest BCUT2D eigenvalue weighted by Crippen LogP contribution is 2.35. The van der Waals surface area contributed by atoms with Crippen LogP contribution in [0, 0.1) is 5.41 Å². The lowest BCUT2D eigenvalue weighted by Crippen LogP contribution is -2.60. The van der Waals surface area contributed by atoms with E-state index in [0.717, 1.165) is 49.4 Å². The molecule has 5 rings (SSSR count). The van der Waals surface area contributed by atoms with E-state index in [1.54, 1.807) is 4.90 Å². The van der Waals surface area contributed by atoms with Crippen LogP contribution in [0.2, 0.25) is 0 Å². The number of nitrogens with zero attached hydrogens (tertiary/aromatic N) is 2. The summed E-state index contributed by atoms with van der Waals surface area (Å²) in [6.07, 6.45) is 3.17. The zero-order valence-corrected chi connectivity index (χ0v) is 16.0. The maximum Gasteiger partial charge on any atom is 0.255 e. The summed E-state index contributed by atoms with van der Waals surface area (Å²) in [5, 5.41) is 5.77. The zero-order valence-electron chi connectivity index (χ0n) is 16.0. The van der Waals surface area contributed by atoms with Gasteiger partial charge in [0.05, 0.1) is 0 Å². The third-order valence-corrected chi connectivity index (χ3v) is 6.77. The van der Waals surface area contributed by atoms with Gasteiger partial charge in [-0.3, -0.25) is 24.6 Å². The van der Waals surface area contributed by atoms with E-state index in [9.17, 15) is 14.4 Å². The fourth-order valence-electron chi connectivity index (χ4n) is 5.27. The molecule has 3 fully saturated rings. The summed E-state index contributed by atoms with van der Waals surface area (Å²) < 4.78 is 0. The van der Waals surface area contributed by atoms with Crippen LogP contribution in [-0.4, -0.2) is 59.7 Å². The molecule has 3 saturated heterocycles. The molecule has 1 atom stereocenters. The van der Waals surface area contributed by atoms with Crippen molar-refractivity contribution in [2.45, 2.75) is 44.8 Å². The van der Waals surface area contributed by atoms with Gasteiger partial charge in [-0.25, -0.2) is 0 Å². The Labute approximate surface area is 164 Å². The van der Waals surface area contributed by atoms with Gasteiger partial charge >= 0.3 is 0 Å². The summed E-state index contributed by atoms with van der Waals surface area (Å²) in [7, 11) is 0. The average molecular weight is 382 g/mol. The van der Waals surface area contributed by atoms with E-state index in [0.29, 0.717) is 18.4 Å². The smallest absolute Gasteiger partial charge is 0.255 e. The molecule has 0 aliphatic carbocycles. The van der Waals surface area contributed by atoms with Crippen LogP contribution in [0.5, 0.6) is 0 Å². The van der Waals surface area contributed by atoms with Gasteiger partial charge in [0.2, 0.25) is 11.8 Å². The quantitative estimate of drug-likeness (QED) is 0.750.